The summed E-state index contributed by atoms with van der Waals surface area (Å²) in [4.78, 5) is 65.6. The van der Waals surface area contributed by atoms with E-state index in [0.29, 0.717) is 45.2 Å². The Labute approximate surface area is 280 Å². The highest BCUT2D eigenvalue weighted by atomic mass is 16.5. The van der Waals surface area contributed by atoms with E-state index in [0.717, 1.165) is 4.73 Å². The van der Waals surface area contributed by atoms with Gasteiger partial charge >= 0.3 is 0 Å². The monoisotopic (exact) mass is 662 g/mol. The Morgan fingerprint density at radius 2 is 1.30 bits per heavy atom. The van der Waals surface area contributed by atoms with Crippen molar-refractivity contribution in [1.82, 2.24) is 31.9 Å². The summed E-state index contributed by atoms with van der Waals surface area (Å²) in [7, 11) is 0. The maximum Gasteiger partial charge on any atom is 0.252 e. The third-order valence-electron chi connectivity index (χ3n) is 7.65. The van der Waals surface area contributed by atoms with Crippen molar-refractivity contribution >= 4 is 29.5 Å². The smallest absolute Gasteiger partial charge is 0.252 e. The van der Waals surface area contributed by atoms with Gasteiger partial charge in [0.25, 0.3) is 5.91 Å². The lowest BCUT2D eigenvalue weighted by Gasteiger charge is -2.28. The molecule has 266 valence electrons. The minimum atomic E-state index is -0.873. The molecule has 0 aromatic carbocycles. The molecule has 5 atom stereocenters. The van der Waals surface area contributed by atoms with Gasteiger partial charge in [-0.3, -0.25) is 29.2 Å². The molecule has 0 saturated heterocycles. The molecule has 13 heteroatoms. The SMILES string of the molecule is CCC[C@H](NC(=O)[C@H](CC(C)C)NC(=O)c1cc[n+](O)cc1)C(=O)N[C@H](CN[C@@H](CC)C(=O)N[C@H](C(=O)NCC)C(C)C)CC(C)C. The Morgan fingerprint density at radius 3 is 1.81 bits per heavy atom. The average Bonchev–Trinajstić information content (AvgIpc) is 2.99. The molecule has 47 heavy (non-hydrogen) atoms. The molecule has 0 fully saturated rings. The normalized spacial score (nSPS) is 14.6. The van der Waals surface area contributed by atoms with Crippen molar-refractivity contribution in [2.45, 2.75) is 125 Å². The molecule has 0 unspecified atom stereocenters. The maximum atomic E-state index is 13.6. The highest BCUT2D eigenvalue weighted by Crippen LogP contribution is 2.10. The first-order valence-electron chi connectivity index (χ1n) is 17.1. The predicted octanol–water partition coefficient (Wildman–Crippen LogP) is 1.82. The van der Waals surface area contributed by atoms with Crippen molar-refractivity contribution in [1.29, 1.82) is 0 Å². The molecule has 0 bridgehead atoms. The van der Waals surface area contributed by atoms with E-state index in [1.807, 2.05) is 62.3 Å². The van der Waals surface area contributed by atoms with Crippen LogP contribution in [0.1, 0.15) is 105 Å². The number of hydrogen-bond donors (Lipinski definition) is 7. The molecule has 1 rings (SSSR count). The predicted molar refractivity (Wildman–Crippen MR) is 180 cm³/mol. The minimum Gasteiger partial charge on any atom is -0.355 e. The van der Waals surface area contributed by atoms with Crippen molar-refractivity contribution < 1.29 is 33.9 Å². The summed E-state index contributed by atoms with van der Waals surface area (Å²) in [5, 5.41) is 27.1. The van der Waals surface area contributed by atoms with E-state index in [1.165, 1.54) is 24.5 Å². The molecule has 0 aliphatic heterocycles. The summed E-state index contributed by atoms with van der Waals surface area (Å²) in [5.74, 6) is -1.55. The van der Waals surface area contributed by atoms with Crippen LogP contribution < -0.4 is 36.6 Å². The Kier molecular flexibility index (Phi) is 18.6. The number of nitrogens with one attached hydrogen (secondary N) is 6. The average molecular weight is 663 g/mol. The highest BCUT2D eigenvalue weighted by Gasteiger charge is 2.30. The fourth-order valence-electron chi connectivity index (χ4n) is 5.19. The first-order chi connectivity index (χ1) is 22.1. The lowest BCUT2D eigenvalue weighted by molar-refractivity contribution is -0.904. The van der Waals surface area contributed by atoms with Gasteiger partial charge in [-0.25, -0.2) is 0 Å². The zero-order valence-corrected chi connectivity index (χ0v) is 29.8. The van der Waals surface area contributed by atoms with E-state index >= 15 is 0 Å². The summed E-state index contributed by atoms with van der Waals surface area (Å²) in [6.07, 6.45) is 5.15. The third kappa shape index (κ3) is 15.1. The van der Waals surface area contributed by atoms with Gasteiger partial charge in [0.05, 0.1) is 11.6 Å². The van der Waals surface area contributed by atoms with Gasteiger partial charge in [0.1, 0.15) is 18.1 Å². The number of carbonyl (C=O) groups is 5. The molecule has 0 spiro atoms. The summed E-state index contributed by atoms with van der Waals surface area (Å²) < 4.78 is 0.818. The van der Waals surface area contributed by atoms with Crippen molar-refractivity contribution in [2.24, 2.45) is 17.8 Å². The van der Waals surface area contributed by atoms with Gasteiger partial charge in [-0.1, -0.05) is 61.8 Å². The number of amides is 5. The summed E-state index contributed by atoms with van der Waals surface area (Å²) in [6, 6.07) is -0.384. The van der Waals surface area contributed by atoms with Crippen LogP contribution in [0.3, 0.4) is 0 Å². The van der Waals surface area contributed by atoms with Gasteiger partial charge in [0, 0.05) is 36.0 Å². The zero-order chi connectivity index (χ0) is 35.7. The van der Waals surface area contributed by atoms with Crippen molar-refractivity contribution in [3.05, 3.63) is 30.1 Å². The van der Waals surface area contributed by atoms with Crippen LogP contribution in [-0.2, 0) is 19.2 Å². The van der Waals surface area contributed by atoms with Crippen molar-refractivity contribution in [3.8, 4) is 0 Å². The molecular formula is C34H60N7O6+. The zero-order valence-electron chi connectivity index (χ0n) is 29.8. The lowest BCUT2D eigenvalue weighted by atomic mass is 10.0. The second kappa shape index (κ2) is 21.2. The first-order valence-corrected chi connectivity index (χ1v) is 17.1. The molecule has 0 aliphatic carbocycles. The van der Waals surface area contributed by atoms with Crippen LogP contribution in [-0.4, -0.2) is 78.0 Å². The number of hydrogen-bond acceptors (Lipinski definition) is 7. The van der Waals surface area contributed by atoms with Crippen LogP contribution in [0.4, 0.5) is 0 Å². The molecule has 0 aliphatic rings. The topological polar surface area (TPSA) is 182 Å². The summed E-state index contributed by atoms with van der Waals surface area (Å²) in [5.41, 5.74) is 0.284. The Morgan fingerprint density at radius 1 is 0.723 bits per heavy atom. The largest absolute Gasteiger partial charge is 0.355 e. The lowest BCUT2D eigenvalue weighted by Crippen LogP contribution is -2.58. The first kappa shape index (κ1) is 41.3. The fraction of sp³-hybridized carbons (Fsp3) is 0.706. The Hall–Kier alpha value is -3.74. The van der Waals surface area contributed by atoms with Crippen LogP contribution in [0.25, 0.3) is 0 Å². The standard InChI is InChI=1S/C34H59N7O6/c1-10-13-27(38-33(45)28(19-22(6)7)39-30(42)24-14-16-41(47)17-15-24)32(44)37-25(18-21(4)5)20-36-26(11-2)31(43)40-29(23(8)9)34(46)35-12-3/h14-17,21-23,25-29,36H,10-13,18-20H2,1-9H3,(H5-,35,37,38,39,40,42,43,44,45,46,47)/p+1/t25-,26-,27-,28-,29-/m0/s1. The van der Waals surface area contributed by atoms with E-state index in [2.05, 4.69) is 31.9 Å². The van der Waals surface area contributed by atoms with Gasteiger partial charge in [-0.05, 0) is 50.4 Å². The minimum absolute atomic E-state index is 0.0851. The van der Waals surface area contributed by atoms with Crippen molar-refractivity contribution in [2.75, 3.05) is 13.1 Å². The van der Waals surface area contributed by atoms with E-state index in [1.54, 1.807) is 0 Å². The van der Waals surface area contributed by atoms with E-state index in [4.69, 9.17) is 0 Å². The fourth-order valence-corrected chi connectivity index (χ4v) is 5.19. The Bertz CT molecular complexity index is 1140. The molecule has 1 heterocycles. The third-order valence-corrected chi connectivity index (χ3v) is 7.65. The van der Waals surface area contributed by atoms with Gasteiger partial charge in [0.2, 0.25) is 36.0 Å². The van der Waals surface area contributed by atoms with Crippen LogP contribution >= 0.6 is 0 Å². The van der Waals surface area contributed by atoms with E-state index in [9.17, 15) is 29.2 Å². The molecule has 1 aromatic heterocycles. The number of likely N-dealkylation sites (N-methyl/N-ethyl adjacent to an activating group) is 1. The van der Waals surface area contributed by atoms with Gasteiger partial charge in [-0.2, -0.15) is 0 Å². The molecule has 13 nitrogen and oxygen atoms in total. The second-order valence-electron chi connectivity index (χ2n) is 13.3. The van der Waals surface area contributed by atoms with Gasteiger partial charge in [-0.15, -0.1) is 0 Å². The number of nitrogens with zero attached hydrogens (tertiary/aromatic N) is 1. The van der Waals surface area contributed by atoms with Crippen LogP contribution in [0.15, 0.2) is 24.5 Å². The Balaban J connectivity index is 3.01. The van der Waals surface area contributed by atoms with E-state index in [-0.39, 0.29) is 47.1 Å². The van der Waals surface area contributed by atoms with Gasteiger partial charge in [0.15, 0.2) is 0 Å². The molecule has 5 amide bonds. The quantitative estimate of drug-likeness (QED) is 0.0774. The van der Waals surface area contributed by atoms with Crippen LogP contribution in [0.2, 0.25) is 0 Å². The number of pyridine rings is 1. The van der Waals surface area contributed by atoms with Crippen LogP contribution in [0.5, 0.6) is 0 Å². The van der Waals surface area contributed by atoms with Gasteiger partial charge < -0.3 is 31.9 Å². The number of aromatic nitrogens is 1. The molecular weight excluding hydrogens is 602 g/mol. The highest BCUT2D eigenvalue weighted by molar-refractivity contribution is 5.98. The molecule has 0 saturated carbocycles. The van der Waals surface area contributed by atoms with E-state index < -0.39 is 36.0 Å². The number of rotatable bonds is 21. The maximum absolute atomic E-state index is 13.6. The molecule has 7 N–H and O–H groups in total. The molecule has 1 aromatic rings. The summed E-state index contributed by atoms with van der Waals surface area (Å²) >= 11 is 0. The van der Waals surface area contributed by atoms with Crippen molar-refractivity contribution in [3.63, 3.8) is 0 Å². The summed E-state index contributed by atoms with van der Waals surface area (Å²) in [6.45, 7) is 18.1. The van der Waals surface area contributed by atoms with Crippen LogP contribution in [0, 0.1) is 17.8 Å². The second-order valence-corrected chi connectivity index (χ2v) is 13.3. The number of carbonyl (C=O) groups excluding carboxylic acids is 5. The molecule has 0 radical (unpaired) electrons.